The van der Waals surface area contributed by atoms with Gasteiger partial charge in [0.15, 0.2) is 11.5 Å². The lowest BCUT2D eigenvalue weighted by molar-refractivity contribution is -0.117. The Morgan fingerprint density at radius 1 is 1.12 bits per heavy atom. The third kappa shape index (κ3) is 2.04. The lowest BCUT2D eigenvalue weighted by Crippen LogP contribution is -2.49. The van der Waals surface area contributed by atoms with Gasteiger partial charge in [-0.3, -0.25) is 4.79 Å². The van der Waals surface area contributed by atoms with Crippen LogP contribution in [0, 0.1) is 28.6 Å². The largest absolute Gasteiger partial charge is 0.357 e. The highest BCUT2D eigenvalue weighted by atomic mass is 16.5. The molecule has 0 aromatic carbocycles. The Balaban J connectivity index is 1.49. The monoisotopic (exact) mass is 337 g/mol. The minimum absolute atomic E-state index is 0.225. The average molecular weight is 337 g/mol. The predicted octanol–water partition coefficient (Wildman–Crippen LogP) is 5.20. The van der Waals surface area contributed by atoms with Gasteiger partial charge < -0.3 is 4.52 Å². The number of rotatable bonds is 1. The Hall–Kier alpha value is -1.64. The first-order valence-corrected chi connectivity index (χ1v) is 9.88. The third-order valence-electron chi connectivity index (χ3n) is 8.25. The second-order valence-electron chi connectivity index (χ2n) is 9.16. The summed E-state index contributed by atoms with van der Waals surface area (Å²) in [5.41, 5.74) is 3.32. The van der Waals surface area contributed by atoms with E-state index in [1.807, 2.05) is 12.1 Å². The Bertz CT molecular complexity index is 774. The molecule has 3 heteroatoms. The summed E-state index contributed by atoms with van der Waals surface area (Å²) in [7, 11) is 0. The average Bonchev–Trinajstić information content (AvgIpc) is 3.22. The zero-order valence-electron chi connectivity index (χ0n) is 15.3. The highest BCUT2D eigenvalue weighted by molar-refractivity contribution is 5.91. The lowest BCUT2D eigenvalue weighted by Gasteiger charge is -2.57. The van der Waals surface area contributed by atoms with Crippen LogP contribution in [0.1, 0.15) is 64.6 Å². The van der Waals surface area contributed by atoms with Crippen LogP contribution in [-0.4, -0.2) is 10.9 Å². The van der Waals surface area contributed by atoms with E-state index in [0.717, 1.165) is 36.9 Å². The number of carbonyl (C=O) groups is 1. The Labute approximate surface area is 149 Å². The molecule has 3 nitrogen and oxygen atoms in total. The van der Waals surface area contributed by atoms with Gasteiger partial charge in [-0.05, 0) is 78.8 Å². The minimum Gasteiger partial charge on any atom is -0.357 e. The lowest BCUT2D eigenvalue weighted by atomic mass is 9.47. The molecule has 5 atom stereocenters. The van der Waals surface area contributed by atoms with Crippen LogP contribution in [0.15, 0.2) is 34.5 Å². The predicted molar refractivity (Wildman–Crippen MR) is 96.6 cm³/mol. The SMILES string of the molecule is C[C@]12CCC(=O)C=C1CC[C@@H]1[C@@H]2CC[C@]2(C)C(c3ccno3)=CC[C@@H]12. The standard InChI is InChI=1S/C22H27NO2/c1-21-10-7-15(24)13-14(21)3-4-16-17-5-6-19(20-9-12-23-25-20)22(17,2)11-8-18(16)21/h6,9,12-13,16-18H,3-5,7-8,10-11H2,1-2H3/t16-,17-,18-,21-,22-/m0/s1. The van der Waals surface area contributed by atoms with Crippen molar-refractivity contribution in [1.82, 2.24) is 5.16 Å². The van der Waals surface area contributed by atoms with Gasteiger partial charge >= 0.3 is 0 Å². The molecule has 2 saturated carbocycles. The number of hydrogen-bond acceptors (Lipinski definition) is 3. The first-order chi connectivity index (χ1) is 12.0. The van der Waals surface area contributed by atoms with E-state index in [0.29, 0.717) is 11.7 Å². The van der Waals surface area contributed by atoms with Crippen LogP contribution < -0.4 is 0 Å². The molecular formula is C22H27NO2. The second kappa shape index (κ2) is 5.18. The van der Waals surface area contributed by atoms with E-state index in [2.05, 4.69) is 25.1 Å². The quantitative estimate of drug-likeness (QED) is 0.707. The molecule has 4 aliphatic rings. The van der Waals surface area contributed by atoms with Gasteiger partial charge in [0, 0.05) is 12.5 Å². The van der Waals surface area contributed by atoms with E-state index >= 15 is 0 Å². The van der Waals surface area contributed by atoms with Gasteiger partial charge in [0.25, 0.3) is 0 Å². The summed E-state index contributed by atoms with van der Waals surface area (Å²) in [5.74, 6) is 3.53. The van der Waals surface area contributed by atoms with Gasteiger partial charge in [-0.25, -0.2) is 0 Å². The van der Waals surface area contributed by atoms with Crippen molar-refractivity contribution >= 4 is 11.4 Å². The molecule has 0 bridgehead atoms. The molecule has 1 aromatic heterocycles. The molecule has 4 aliphatic carbocycles. The maximum Gasteiger partial charge on any atom is 0.163 e. The maximum absolute atomic E-state index is 11.9. The van der Waals surface area contributed by atoms with E-state index in [-0.39, 0.29) is 10.8 Å². The van der Waals surface area contributed by atoms with Crippen molar-refractivity contribution in [3.63, 3.8) is 0 Å². The zero-order chi connectivity index (χ0) is 17.2. The van der Waals surface area contributed by atoms with Gasteiger partial charge in [0.1, 0.15) is 0 Å². The van der Waals surface area contributed by atoms with Crippen molar-refractivity contribution in [2.24, 2.45) is 28.6 Å². The van der Waals surface area contributed by atoms with Gasteiger partial charge in [0.05, 0.1) is 6.20 Å². The fraction of sp³-hybridized carbons (Fsp3) is 0.636. The second-order valence-corrected chi connectivity index (χ2v) is 9.16. The van der Waals surface area contributed by atoms with Crippen LogP contribution in [0.5, 0.6) is 0 Å². The number of nitrogens with zero attached hydrogens (tertiary/aromatic N) is 1. The molecular weight excluding hydrogens is 310 g/mol. The van der Waals surface area contributed by atoms with Crippen molar-refractivity contribution in [3.05, 3.63) is 35.7 Å². The fourth-order valence-corrected chi connectivity index (χ4v) is 6.86. The molecule has 132 valence electrons. The molecule has 0 aliphatic heterocycles. The van der Waals surface area contributed by atoms with E-state index in [9.17, 15) is 4.79 Å². The molecule has 2 fully saturated rings. The number of allylic oxidation sites excluding steroid dienone is 4. The topological polar surface area (TPSA) is 43.1 Å². The molecule has 0 unspecified atom stereocenters. The molecule has 5 rings (SSSR count). The molecule has 0 radical (unpaired) electrons. The number of aromatic nitrogens is 1. The van der Waals surface area contributed by atoms with Gasteiger partial charge in [-0.2, -0.15) is 0 Å². The van der Waals surface area contributed by atoms with Crippen LogP contribution in [0.2, 0.25) is 0 Å². The first-order valence-electron chi connectivity index (χ1n) is 9.88. The molecule has 1 heterocycles. The van der Waals surface area contributed by atoms with E-state index in [1.54, 1.807) is 6.20 Å². The van der Waals surface area contributed by atoms with Crippen molar-refractivity contribution in [3.8, 4) is 0 Å². The van der Waals surface area contributed by atoms with E-state index in [4.69, 9.17) is 4.52 Å². The highest BCUT2D eigenvalue weighted by Gasteiger charge is 2.57. The van der Waals surface area contributed by atoms with Crippen molar-refractivity contribution in [1.29, 1.82) is 0 Å². The summed E-state index contributed by atoms with van der Waals surface area (Å²) >= 11 is 0. The highest BCUT2D eigenvalue weighted by Crippen LogP contribution is 2.66. The smallest absolute Gasteiger partial charge is 0.163 e. The normalized spacial score (nSPS) is 43.0. The van der Waals surface area contributed by atoms with Crippen LogP contribution in [0.3, 0.4) is 0 Å². The third-order valence-corrected chi connectivity index (χ3v) is 8.25. The molecule has 0 saturated heterocycles. The Morgan fingerprint density at radius 3 is 2.80 bits per heavy atom. The number of fused-ring (bicyclic) bond motifs is 5. The van der Waals surface area contributed by atoms with Crippen LogP contribution >= 0.6 is 0 Å². The van der Waals surface area contributed by atoms with Crippen molar-refractivity contribution < 1.29 is 9.32 Å². The van der Waals surface area contributed by atoms with Gasteiger partial charge in [-0.1, -0.05) is 30.7 Å². The Morgan fingerprint density at radius 2 is 2.00 bits per heavy atom. The molecule has 0 spiro atoms. The number of ketones is 1. The van der Waals surface area contributed by atoms with E-state index < -0.39 is 0 Å². The van der Waals surface area contributed by atoms with Crippen LogP contribution in [0.4, 0.5) is 0 Å². The van der Waals surface area contributed by atoms with Crippen molar-refractivity contribution in [2.75, 3.05) is 0 Å². The Kier molecular flexibility index (Phi) is 3.24. The fourth-order valence-electron chi connectivity index (χ4n) is 6.86. The summed E-state index contributed by atoms with van der Waals surface area (Å²) < 4.78 is 5.52. The van der Waals surface area contributed by atoms with Crippen molar-refractivity contribution in [2.45, 2.75) is 58.8 Å². The van der Waals surface area contributed by atoms with Crippen LogP contribution in [-0.2, 0) is 4.79 Å². The molecule has 25 heavy (non-hydrogen) atoms. The summed E-state index contributed by atoms with van der Waals surface area (Å²) in [6, 6.07) is 2.02. The summed E-state index contributed by atoms with van der Waals surface area (Å²) in [5, 5.41) is 3.93. The van der Waals surface area contributed by atoms with Gasteiger partial charge in [0.2, 0.25) is 0 Å². The maximum atomic E-state index is 11.9. The minimum atomic E-state index is 0.225. The zero-order valence-corrected chi connectivity index (χ0v) is 15.3. The first kappa shape index (κ1) is 15.6. The molecule has 0 N–H and O–H groups in total. The number of hydrogen-bond donors (Lipinski definition) is 0. The summed E-state index contributed by atoms with van der Waals surface area (Å²) in [4.78, 5) is 11.9. The molecule has 0 amide bonds. The van der Waals surface area contributed by atoms with Gasteiger partial charge in [-0.15, -0.1) is 0 Å². The summed E-state index contributed by atoms with van der Waals surface area (Å²) in [6.07, 6.45) is 14.0. The molecule has 1 aromatic rings. The summed E-state index contributed by atoms with van der Waals surface area (Å²) in [6.45, 7) is 4.90. The van der Waals surface area contributed by atoms with E-state index in [1.165, 1.54) is 36.8 Å². The van der Waals surface area contributed by atoms with Crippen LogP contribution in [0.25, 0.3) is 5.57 Å². The number of carbonyl (C=O) groups excluding carboxylic acids is 1.